The second-order valence-corrected chi connectivity index (χ2v) is 23.1. The van der Waals surface area contributed by atoms with E-state index in [1.165, 1.54) is 34.0 Å². The van der Waals surface area contributed by atoms with Crippen molar-refractivity contribution in [3.8, 4) is 68.1 Å². The predicted octanol–water partition coefficient (Wildman–Crippen LogP) is 15.6. The fraction of sp³-hybridized carbons (Fsp3) is 0.0870. The second-order valence-electron chi connectivity index (χ2n) is 20.5. The zero-order chi connectivity index (χ0) is 61.0. The second kappa shape index (κ2) is 27.3. The highest BCUT2D eigenvalue weighted by Crippen LogP contribution is 2.33. The van der Waals surface area contributed by atoms with Crippen LogP contribution in [0.5, 0.6) is 17.2 Å². The van der Waals surface area contributed by atoms with Gasteiger partial charge in [-0.1, -0.05) is 91.0 Å². The van der Waals surface area contributed by atoms with Crippen molar-refractivity contribution in [2.75, 3.05) is 16.3 Å². The Bertz CT molecular complexity index is 4190. The van der Waals surface area contributed by atoms with E-state index < -0.39 is 0 Å². The van der Waals surface area contributed by atoms with Gasteiger partial charge in [0.05, 0.1) is 88.5 Å². The van der Waals surface area contributed by atoms with E-state index in [4.69, 9.17) is 29.2 Å². The normalized spacial score (nSPS) is 11.5. The average Bonchev–Trinajstić information content (AvgIpc) is 2.39. The van der Waals surface area contributed by atoms with Crippen molar-refractivity contribution < 1.29 is 14.2 Å². The first-order chi connectivity index (χ1) is 44.3. The number of benzene rings is 7. The van der Waals surface area contributed by atoms with Gasteiger partial charge in [0.25, 0.3) is 0 Å². The monoisotopic (exact) mass is 1240 g/mol. The van der Waals surface area contributed by atoms with Crippen LogP contribution in [0.4, 0.5) is 15.4 Å². The van der Waals surface area contributed by atoms with Crippen LogP contribution in [0.1, 0.15) is 50.5 Å². The molecule has 6 heterocycles. The van der Waals surface area contributed by atoms with Crippen LogP contribution in [0.15, 0.2) is 232 Å². The molecule has 0 fully saturated rings. The number of hydrazone groups is 3. The topological polar surface area (TPSA) is 193 Å². The number of hydrogen-bond acceptors (Lipinski definition) is 18. The highest BCUT2D eigenvalue weighted by Gasteiger charge is 2.17. The summed E-state index contributed by atoms with van der Waals surface area (Å²) in [4.78, 5) is 14.5. The van der Waals surface area contributed by atoms with Crippen molar-refractivity contribution in [3.05, 3.63) is 267 Å². The van der Waals surface area contributed by atoms with Gasteiger partial charge >= 0.3 is 0 Å². The predicted molar refractivity (Wildman–Crippen MR) is 361 cm³/mol. The smallest absolute Gasteiger partial charge is 0.203 e. The van der Waals surface area contributed by atoms with E-state index in [1.54, 1.807) is 18.6 Å². The minimum Gasteiger partial charge on any atom is -0.488 e. The Balaban J connectivity index is 0.695. The van der Waals surface area contributed by atoms with E-state index in [9.17, 15) is 0 Å². The molecule has 18 nitrogen and oxygen atoms in total. The van der Waals surface area contributed by atoms with Crippen LogP contribution >= 0.6 is 34.0 Å². The summed E-state index contributed by atoms with van der Waals surface area (Å²) in [6.45, 7) is 6.86. The van der Waals surface area contributed by atoms with E-state index >= 15 is 0 Å². The minimum absolute atomic E-state index is 0.246. The first-order valence-electron chi connectivity index (χ1n) is 28.7. The number of hydrogen-bond donors (Lipinski definition) is 3. The van der Waals surface area contributed by atoms with Crippen LogP contribution in [0.3, 0.4) is 0 Å². The molecule has 0 radical (unpaired) electrons. The molecule has 3 N–H and O–H groups in total. The summed E-state index contributed by atoms with van der Waals surface area (Å²) in [5, 5.41) is 35.6. The molecule has 13 aromatic rings. The van der Waals surface area contributed by atoms with Crippen LogP contribution in [0.2, 0.25) is 0 Å². The lowest BCUT2D eigenvalue weighted by atomic mass is 10.1. The molecule has 0 aliphatic carbocycles. The van der Waals surface area contributed by atoms with Gasteiger partial charge in [-0.2, -0.15) is 30.6 Å². The molecule has 0 saturated heterocycles. The summed E-state index contributed by atoms with van der Waals surface area (Å²) in [6, 6.07) is 59.8. The summed E-state index contributed by atoms with van der Waals surface area (Å²) in [5.41, 5.74) is 25.7. The van der Waals surface area contributed by atoms with E-state index in [2.05, 4.69) is 65.1 Å². The van der Waals surface area contributed by atoms with Crippen molar-refractivity contribution in [2.45, 2.75) is 40.6 Å². The Morgan fingerprint density at radius 3 is 0.956 bits per heavy atom. The number of aromatic nitrogens is 9. The average molecular weight is 1240 g/mol. The molecule has 0 amide bonds. The Kier molecular flexibility index (Phi) is 17.6. The summed E-state index contributed by atoms with van der Waals surface area (Å²) < 4.78 is 25.5. The lowest BCUT2D eigenvalue weighted by molar-refractivity contribution is 0.293. The third-order valence-corrected chi connectivity index (χ3v) is 16.8. The SMILES string of the molecule is Cc1c(-c2csc(N/N=C/c3ccccc3OCc3cc(COc4ccccc4/C=N/Nc4nc(-c5cnn(-c6ccccc6)c5C)cs4)cc(COc4ccccc4/C=N/Nc4nc(-c5cnn(-c6ccccc6)c5C)cs4)c3)n2)cnn1-c1ccccc1. The number of thiazole rings is 3. The van der Waals surface area contributed by atoms with Gasteiger partial charge in [-0.3, -0.25) is 16.3 Å². The maximum absolute atomic E-state index is 6.59. The molecule has 0 spiro atoms. The van der Waals surface area contributed by atoms with Crippen molar-refractivity contribution in [1.29, 1.82) is 0 Å². The highest BCUT2D eigenvalue weighted by atomic mass is 32.1. The quantitative estimate of drug-likeness (QED) is 0.0383. The minimum atomic E-state index is 0.246. The number of nitrogens with zero attached hydrogens (tertiary/aromatic N) is 12. The fourth-order valence-corrected chi connectivity index (χ4v) is 12.0. The molecule has 6 aromatic heterocycles. The highest BCUT2D eigenvalue weighted by molar-refractivity contribution is 7.14. The number of ether oxygens (including phenoxy) is 3. The lowest BCUT2D eigenvalue weighted by Gasteiger charge is -2.15. The number of para-hydroxylation sites is 6. The zero-order valence-corrected chi connectivity index (χ0v) is 51.4. The van der Waals surface area contributed by atoms with E-state index in [1.807, 2.05) is 233 Å². The molecular weight excluding hydrogens is 1180 g/mol. The molecule has 0 aliphatic rings. The Morgan fingerprint density at radius 2 is 0.656 bits per heavy atom. The molecule has 0 bridgehead atoms. The molecule has 7 aromatic carbocycles. The summed E-state index contributed by atoms with van der Waals surface area (Å²) >= 11 is 4.40. The molecule has 13 rings (SSSR count). The molecule has 0 saturated carbocycles. The number of anilines is 3. The van der Waals surface area contributed by atoms with E-state index in [0.29, 0.717) is 32.6 Å². The van der Waals surface area contributed by atoms with Crippen LogP contribution in [0.25, 0.3) is 50.8 Å². The third-order valence-electron chi connectivity index (χ3n) is 14.5. The Labute approximate surface area is 530 Å². The Hall–Kier alpha value is -11.1. The molecular formula is C69H57N15O3S3. The van der Waals surface area contributed by atoms with Crippen LogP contribution < -0.4 is 30.5 Å². The van der Waals surface area contributed by atoms with Gasteiger partial charge < -0.3 is 14.2 Å². The summed E-state index contributed by atoms with van der Waals surface area (Å²) in [7, 11) is 0. The molecule has 0 unspecified atom stereocenters. The molecule has 21 heteroatoms. The fourth-order valence-electron chi connectivity index (χ4n) is 10.0. The van der Waals surface area contributed by atoms with Crippen molar-refractivity contribution in [2.24, 2.45) is 15.3 Å². The van der Waals surface area contributed by atoms with Gasteiger partial charge in [-0.15, -0.1) is 34.0 Å². The van der Waals surface area contributed by atoms with Crippen LogP contribution in [0, 0.1) is 20.8 Å². The largest absolute Gasteiger partial charge is 0.488 e. The van der Waals surface area contributed by atoms with E-state index in [0.717, 1.165) is 101 Å². The van der Waals surface area contributed by atoms with E-state index in [-0.39, 0.29) is 19.8 Å². The van der Waals surface area contributed by atoms with Crippen molar-refractivity contribution >= 4 is 68.0 Å². The van der Waals surface area contributed by atoms with Crippen LogP contribution in [-0.2, 0) is 19.8 Å². The maximum Gasteiger partial charge on any atom is 0.203 e. The first kappa shape index (κ1) is 57.9. The zero-order valence-electron chi connectivity index (χ0n) is 49.0. The first-order valence-corrected chi connectivity index (χ1v) is 31.3. The van der Waals surface area contributed by atoms with Gasteiger partial charge in [0.15, 0.2) is 0 Å². The summed E-state index contributed by atoms with van der Waals surface area (Å²) in [6.07, 6.45) is 10.7. The molecule has 90 heavy (non-hydrogen) atoms. The van der Waals surface area contributed by atoms with Gasteiger partial charge in [-0.05, 0) is 128 Å². The standard InChI is InChI=1S/C69H57N15O3S3/c1-46-58(37-73-82(46)55-22-7-4-8-23-55)61-43-88-67(76-61)79-70-34-52-19-13-16-28-64(52)85-40-49-31-50(41-86-65-29-17-14-20-53(65)35-71-80-68-77-62(44-89-68)59-38-74-83(47(59)2)56-24-9-5-10-25-56)33-51(32-49)42-87-66-30-18-15-21-54(66)36-72-81-69-78-63(45-90-69)60-39-75-84(48(60)3)57-26-11-6-12-27-57/h4-39,43-45H,40-42H2,1-3H3,(H,76,79)(H,77,80)(H,78,81)/b70-34+,71-35+,72-36+. The Morgan fingerprint density at radius 1 is 0.378 bits per heavy atom. The summed E-state index contributed by atoms with van der Waals surface area (Å²) in [5.74, 6) is 1.96. The lowest BCUT2D eigenvalue weighted by Crippen LogP contribution is -2.05. The maximum atomic E-state index is 6.59. The molecule has 0 aliphatic heterocycles. The molecule has 444 valence electrons. The van der Waals surface area contributed by atoms with Crippen molar-refractivity contribution in [1.82, 2.24) is 44.3 Å². The van der Waals surface area contributed by atoms with Gasteiger partial charge in [-0.25, -0.2) is 29.0 Å². The van der Waals surface area contributed by atoms with Crippen LogP contribution in [-0.4, -0.2) is 62.9 Å². The number of rotatable bonds is 24. The number of nitrogens with one attached hydrogen (secondary N) is 3. The van der Waals surface area contributed by atoms with Gasteiger partial charge in [0.1, 0.15) is 37.1 Å². The van der Waals surface area contributed by atoms with Gasteiger partial charge in [0.2, 0.25) is 15.4 Å². The third kappa shape index (κ3) is 13.5. The molecule has 0 atom stereocenters. The van der Waals surface area contributed by atoms with Gasteiger partial charge in [0, 0.05) is 49.5 Å². The van der Waals surface area contributed by atoms with Crippen molar-refractivity contribution in [3.63, 3.8) is 0 Å².